The van der Waals surface area contributed by atoms with Crippen molar-refractivity contribution in [1.29, 1.82) is 0 Å². The number of carbonyl (C=O) groups excluding carboxylic acids is 1. The molecule has 7 heteroatoms. The van der Waals surface area contributed by atoms with Gasteiger partial charge in [-0.2, -0.15) is 4.39 Å². The Kier molecular flexibility index (Phi) is 5.84. The molecule has 5 nitrogen and oxygen atoms in total. The molecule has 1 rings (SSSR count). The number of carbonyl (C=O) groups is 2. The number of nitrogens with one attached hydrogen (secondary N) is 1. The maximum absolute atomic E-state index is 13.2. The van der Waals surface area contributed by atoms with Crippen LogP contribution < -0.4 is 5.32 Å². The van der Waals surface area contributed by atoms with Crippen molar-refractivity contribution in [3.05, 3.63) is 29.6 Å². The van der Waals surface area contributed by atoms with Crippen molar-refractivity contribution in [2.45, 2.75) is 25.7 Å². The maximum atomic E-state index is 13.2. The highest BCUT2D eigenvalue weighted by atomic mass is 19.2. The van der Waals surface area contributed by atoms with Crippen molar-refractivity contribution >= 4 is 11.9 Å². The predicted molar refractivity (Wildman–Crippen MR) is 62.6 cm³/mol. The van der Waals surface area contributed by atoms with Crippen LogP contribution in [0, 0.1) is 11.8 Å². The Morgan fingerprint density at radius 2 is 2.00 bits per heavy atom. The van der Waals surface area contributed by atoms with Gasteiger partial charge in [-0.25, -0.2) is 9.37 Å². The third-order valence-corrected chi connectivity index (χ3v) is 2.44. The standard InChI is InChI=1S/C12H14F2N2O3/c13-10-8(5-7-15-11(10)14)12(19)16-6-3-1-2-4-9(17)18/h5,7H,1-4,6H2,(H,16,19)(H,17,18). The fourth-order valence-electron chi connectivity index (χ4n) is 1.47. The summed E-state index contributed by atoms with van der Waals surface area (Å²) < 4.78 is 26.0. The molecular weight excluding hydrogens is 258 g/mol. The van der Waals surface area contributed by atoms with E-state index in [1.807, 2.05) is 0 Å². The Bertz CT molecular complexity index is 466. The molecule has 1 amide bonds. The third kappa shape index (κ3) is 4.99. The lowest BCUT2D eigenvalue weighted by atomic mass is 10.2. The number of carboxylic acid groups (broad SMARTS) is 1. The summed E-state index contributed by atoms with van der Waals surface area (Å²) >= 11 is 0. The molecule has 0 radical (unpaired) electrons. The topological polar surface area (TPSA) is 79.3 Å². The van der Waals surface area contributed by atoms with Gasteiger partial charge in [-0.1, -0.05) is 6.42 Å². The van der Waals surface area contributed by atoms with E-state index in [1.54, 1.807) is 0 Å². The van der Waals surface area contributed by atoms with E-state index in [0.29, 0.717) is 19.3 Å². The number of amides is 1. The minimum Gasteiger partial charge on any atom is -0.481 e. The first-order valence-corrected chi connectivity index (χ1v) is 5.82. The molecule has 0 saturated heterocycles. The lowest BCUT2D eigenvalue weighted by molar-refractivity contribution is -0.137. The number of hydrogen-bond acceptors (Lipinski definition) is 3. The lowest BCUT2D eigenvalue weighted by Gasteiger charge is -2.05. The molecule has 1 aromatic heterocycles. The second-order valence-corrected chi connectivity index (χ2v) is 3.92. The molecule has 0 saturated carbocycles. The van der Waals surface area contributed by atoms with Crippen LogP contribution in [0.5, 0.6) is 0 Å². The van der Waals surface area contributed by atoms with E-state index in [2.05, 4.69) is 10.3 Å². The maximum Gasteiger partial charge on any atom is 0.303 e. The third-order valence-electron chi connectivity index (χ3n) is 2.44. The normalized spacial score (nSPS) is 10.2. The van der Waals surface area contributed by atoms with Crippen LogP contribution in [-0.4, -0.2) is 28.5 Å². The molecule has 104 valence electrons. The van der Waals surface area contributed by atoms with Gasteiger partial charge in [0.15, 0.2) is 5.82 Å². The van der Waals surface area contributed by atoms with Gasteiger partial charge >= 0.3 is 5.97 Å². The highest BCUT2D eigenvalue weighted by Gasteiger charge is 2.15. The molecule has 0 unspecified atom stereocenters. The summed E-state index contributed by atoms with van der Waals surface area (Å²) in [5.74, 6) is -4.16. The molecule has 1 heterocycles. The van der Waals surface area contributed by atoms with Crippen LogP contribution in [-0.2, 0) is 4.79 Å². The van der Waals surface area contributed by atoms with Gasteiger partial charge in [-0.15, -0.1) is 0 Å². The molecule has 2 N–H and O–H groups in total. The van der Waals surface area contributed by atoms with E-state index in [4.69, 9.17) is 5.11 Å². The van der Waals surface area contributed by atoms with Crippen LogP contribution in [0.15, 0.2) is 12.3 Å². The van der Waals surface area contributed by atoms with Crippen molar-refractivity contribution in [3.63, 3.8) is 0 Å². The van der Waals surface area contributed by atoms with E-state index < -0.39 is 29.2 Å². The van der Waals surface area contributed by atoms with E-state index in [-0.39, 0.29) is 13.0 Å². The fourth-order valence-corrected chi connectivity index (χ4v) is 1.47. The van der Waals surface area contributed by atoms with Crippen molar-refractivity contribution in [3.8, 4) is 0 Å². The van der Waals surface area contributed by atoms with Crippen LogP contribution in [0.2, 0.25) is 0 Å². The molecular formula is C12H14F2N2O3. The Morgan fingerprint density at radius 3 is 2.68 bits per heavy atom. The molecule has 0 aromatic carbocycles. The average Bonchev–Trinajstić information content (AvgIpc) is 2.36. The van der Waals surface area contributed by atoms with Crippen LogP contribution >= 0.6 is 0 Å². The van der Waals surface area contributed by atoms with Crippen LogP contribution in [0.4, 0.5) is 8.78 Å². The molecule has 0 spiro atoms. The first-order valence-electron chi connectivity index (χ1n) is 5.82. The number of rotatable bonds is 7. The van der Waals surface area contributed by atoms with E-state index in [1.165, 1.54) is 0 Å². The van der Waals surface area contributed by atoms with Crippen molar-refractivity contribution in [1.82, 2.24) is 10.3 Å². The quantitative estimate of drug-likeness (QED) is 0.585. The van der Waals surface area contributed by atoms with Gasteiger partial charge < -0.3 is 10.4 Å². The molecule has 0 aliphatic rings. The molecule has 0 atom stereocenters. The Labute approximate surface area is 108 Å². The van der Waals surface area contributed by atoms with Crippen LogP contribution in [0.3, 0.4) is 0 Å². The fraction of sp³-hybridized carbons (Fsp3) is 0.417. The number of halogens is 2. The van der Waals surface area contributed by atoms with Crippen LogP contribution in [0.25, 0.3) is 0 Å². The highest BCUT2D eigenvalue weighted by molar-refractivity contribution is 5.94. The Hall–Kier alpha value is -2.05. The number of pyridine rings is 1. The first kappa shape index (κ1) is 15.0. The smallest absolute Gasteiger partial charge is 0.303 e. The van der Waals surface area contributed by atoms with Gasteiger partial charge in [0.2, 0.25) is 5.95 Å². The Morgan fingerprint density at radius 1 is 1.26 bits per heavy atom. The van der Waals surface area contributed by atoms with Crippen molar-refractivity contribution < 1.29 is 23.5 Å². The second-order valence-electron chi connectivity index (χ2n) is 3.92. The van der Waals surface area contributed by atoms with Gasteiger partial charge in [0.25, 0.3) is 5.91 Å². The number of unbranched alkanes of at least 4 members (excludes halogenated alkanes) is 2. The monoisotopic (exact) mass is 272 g/mol. The lowest BCUT2D eigenvalue weighted by Crippen LogP contribution is -2.25. The number of nitrogens with zero attached hydrogens (tertiary/aromatic N) is 1. The van der Waals surface area contributed by atoms with Crippen molar-refractivity contribution in [2.24, 2.45) is 0 Å². The summed E-state index contributed by atoms with van der Waals surface area (Å²) in [6.45, 7) is 0.280. The minimum absolute atomic E-state index is 0.0815. The molecule has 19 heavy (non-hydrogen) atoms. The summed E-state index contributed by atoms with van der Waals surface area (Å²) in [6.07, 6.45) is 2.83. The van der Waals surface area contributed by atoms with Gasteiger partial charge in [-0.05, 0) is 18.9 Å². The van der Waals surface area contributed by atoms with Crippen molar-refractivity contribution in [2.75, 3.05) is 6.54 Å². The molecule has 1 aromatic rings. The summed E-state index contributed by atoms with van der Waals surface area (Å²) in [5.41, 5.74) is -0.391. The molecule has 0 fully saturated rings. The summed E-state index contributed by atoms with van der Waals surface area (Å²) in [6, 6.07) is 1.10. The van der Waals surface area contributed by atoms with E-state index in [9.17, 15) is 18.4 Å². The largest absolute Gasteiger partial charge is 0.481 e. The molecule has 0 aliphatic heterocycles. The second kappa shape index (κ2) is 7.40. The van der Waals surface area contributed by atoms with Gasteiger partial charge in [0, 0.05) is 19.2 Å². The number of aromatic nitrogens is 1. The highest BCUT2D eigenvalue weighted by Crippen LogP contribution is 2.08. The van der Waals surface area contributed by atoms with E-state index in [0.717, 1.165) is 12.3 Å². The van der Waals surface area contributed by atoms with Gasteiger partial charge in [0.1, 0.15) is 0 Å². The molecule has 0 bridgehead atoms. The van der Waals surface area contributed by atoms with Gasteiger partial charge in [0.05, 0.1) is 5.56 Å². The average molecular weight is 272 g/mol. The molecule has 0 aliphatic carbocycles. The number of carboxylic acids is 1. The summed E-state index contributed by atoms with van der Waals surface area (Å²) in [4.78, 5) is 24.8. The van der Waals surface area contributed by atoms with Crippen LogP contribution in [0.1, 0.15) is 36.0 Å². The minimum atomic E-state index is -1.31. The number of hydrogen-bond donors (Lipinski definition) is 2. The SMILES string of the molecule is O=C(O)CCCCCNC(=O)c1ccnc(F)c1F. The Balaban J connectivity index is 2.32. The van der Waals surface area contributed by atoms with E-state index >= 15 is 0 Å². The zero-order valence-electron chi connectivity index (χ0n) is 10.2. The number of aliphatic carboxylic acids is 1. The first-order chi connectivity index (χ1) is 9.02. The summed E-state index contributed by atoms with van der Waals surface area (Å²) in [5, 5.41) is 10.8. The van der Waals surface area contributed by atoms with Gasteiger partial charge in [-0.3, -0.25) is 9.59 Å². The zero-order valence-corrected chi connectivity index (χ0v) is 10.2. The summed E-state index contributed by atoms with van der Waals surface area (Å²) in [7, 11) is 0. The zero-order chi connectivity index (χ0) is 14.3. The predicted octanol–water partition coefficient (Wildman–Crippen LogP) is 1.73.